The van der Waals surface area contributed by atoms with E-state index in [9.17, 15) is 9.59 Å². The van der Waals surface area contributed by atoms with Crippen molar-refractivity contribution in [1.29, 1.82) is 0 Å². The summed E-state index contributed by atoms with van der Waals surface area (Å²) in [6.45, 7) is 0.0267. The summed E-state index contributed by atoms with van der Waals surface area (Å²) >= 11 is 6.22. The fourth-order valence-electron chi connectivity index (χ4n) is 3.31. The minimum Gasteiger partial charge on any atom is -0.497 e. The lowest BCUT2D eigenvalue weighted by atomic mass is 10.0. The van der Waals surface area contributed by atoms with Gasteiger partial charge in [0.05, 0.1) is 37.6 Å². The molecule has 31 heavy (non-hydrogen) atoms. The molecular weight excluding hydrogens is 420 g/mol. The van der Waals surface area contributed by atoms with Crippen LogP contribution in [0.1, 0.15) is 11.3 Å². The molecule has 1 aromatic heterocycles. The van der Waals surface area contributed by atoms with Crippen LogP contribution in [0.25, 0.3) is 5.57 Å². The fourth-order valence-corrected chi connectivity index (χ4v) is 3.57. The fraction of sp³-hybridized carbons (Fsp3) is 0.130. The van der Waals surface area contributed by atoms with E-state index in [-0.39, 0.29) is 17.8 Å². The maximum atomic E-state index is 13.3. The number of furan rings is 1. The van der Waals surface area contributed by atoms with E-state index in [0.717, 1.165) is 4.90 Å². The van der Waals surface area contributed by atoms with Crippen LogP contribution in [0.5, 0.6) is 11.5 Å². The van der Waals surface area contributed by atoms with Gasteiger partial charge in [-0.3, -0.25) is 14.5 Å². The van der Waals surface area contributed by atoms with Gasteiger partial charge in [0, 0.05) is 5.69 Å². The second kappa shape index (κ2) is 8.57. The second-order valence-corrected chi connectivity index (χ2v) is 7.14. The molecular formula is C23H19ClN2O5. The van der Waals surface area contributed by atoms with Gasteiger partial charge in [0.2, 0.25) is 0 Å². The van der Waals surface area contributed by atoms with Crippen LogP contribution in [0.3, 0.4) is 0 Å². The van der Waals surface area contributed by atoms with Crippen LogP contribution < -0.4 is 14.8 Å². The largest absolute Gasteiger partial charge is 0.497 e. The molecule has 1 N–H and O–H groups in total. The van der Waals surface area contributed by atoms with Gasteiger partial charge in [-0.25, -0.2) is 0 Å². The lowest BCUT2D eigenvalue weighted by molar-refractivity contribution is -0.137. The van der Waals surface area contributed by atoms with Crippen molar-refractivity contribution in [2.24, 2.45) is 0 Å². The number of benzene rings is 2. The van der Waals surface area contributed by atoms with E-state index >= 15 is 0 Å². The summed E-state index contributed by atoms with van der Waals surface area (Å²) < 4.78 is 15.7. The van der Waals surface area contributed by atoms with Crippen LogP contribution in [0.4, 0.5) is 5.69 Å². The Balaban J connectivity index is 1.74. The molecule has 8 heteroatoms. The maximum absolute atomic E-state index is 13.3. The molecule has 1 aliphatic heterocycles. The van der Waals surface area contributed by atoms with Gasteiger partial charge in [-0.1, -0.05) is 23.7 Å². The summed E-state index contributed by atoms with van der Waals surface area (Å²) in [6, 6.07) is 15.4. The van der Waals surface area contributed by atoms with Crippen molar-refractivity contribution in [2.75, 3.05) is 19.5 Å². The Morgan fingerprint density at radius 3 is 2.39 bits per heavy atom. The first kappa shape index (κ1) is 20.6. The number of rotatable bonds is 7. The summed E-state index contributed by atoms with van der Waals surface area (Å²) in [5, 5.41) is 3.44. The monoisotopic (exact) mass is 438 g/mol. The van der Waals surface area contributed by atoms with E-state index in [4.69, 9.17) is 25.5 Å². The highest BCUT2D eigenvalue weighted by molar-refractivity contribution is 6.36. The molecule has 3 aromatic rings. The summed E-state index contributed by atoms with van der Waals surface area (Å²) in [5.41, 5.74) is 1.55. The zero-order chi connectivity index (χ0) is 22.0. The third-order valence-electron chi connectivity index (χ3n) is 4.86. The van der Waals surface area contributed by atoms with E-state index in [1.54, 1.807) is 61.7 Å². The maximum Gasteiger partial charge on any atom is 0.278 e. The van der Waals surface area contributed by atoms with Gasteiger partial charge in [0.25, 0.3) is 11.8 Å². The zero-order valence-electron chi connectivity index (χ0n) is 16.8. The highest BCUT2D eigenvalue weighted by atomic mass is 35.5. The predicted octanol–water partition coefficient (Wildman–Crippen LogP) is 4.34. The molecule has 0 radical (unpaired) electrons. The Morgan fingerprint density at radius 1 is 1.00 bits per heavy atom. The molecule has 2 aromatic carbocycles. The first-order chi connectivity index (χ1) is 15.0. The van der Waals surface area contributed by atoms with E-state index < -0.39 is 11.8 Å². The number of ether oxygens (including phenoxy) is 2. The first-order valence-corrected chi connectivity index (χ1v) is 9.77. The van der Waals surface area contributed by atoms with Crippen LogP contribution >= 0.6 is 11.6 Å². The molecule has 2 amide bonds. The Bertz CT molecular complexity index is 1150. The molecule has 0 saturated heterocycles. The number of halogens is 1. The van der Waals surface area contributed by atoms with Gasteiger partial charge in [-0.05, 0) is 48.0 Å². The van der Waals surface area contributed by atoms with Crippen LogP contribution in [0.15, 0.2) is 71.0 Å². The van der Waals surface area contributed by atoms with E-state index in [1.165, 1.54) is 13.4 Å². The summed E-state index contributed by atoms with van der Waals surface area (Å²) in [5.74, 6) is 0.771. The molecule has 0 fully saturated rings. The Labute approximate surface area is 183 Å². The molecule has 0 unspecified atom stereocenters. The van der Waals surface area contributed by atoms with Gasteiger partial charge in [0.15, 0.2) is 0 Å². The lowest BCUT2D eigenvalue weighted by Gasteiger charge is -2.14. The normalized spacial score (nSPS) is 13.7. The van der Waals surface area contributed by atoms with Gasteiger partial charge in [-0.2, -0.15) is 0 Å². The molecule has 7 nitrogen and oxygen atoms in total. The summed E-state index contributed by atoms with van der Waals surface area (Å²) in [4.78, 5) is 27.6. The zero-order valence-corrected chi connectivity index (χ0v) is 17.6. The average Bonchev–Trinajstić information content (AvgIpc) is 3.37. The van der Waals surface area contributed by atoms with Gasteiger partial charge in [0.1, 0.15) is 23.0 Å². The third kappa shape index (κ3) is 4.00. The molecule has 0 saturated carbocycles. The Morgan fingerprint density at radius 2 is 1.77 bits per heavy atom. The Kier molecular flexibility index (Phi) is 5.68. The number of hydrogen-bond acceptors (Lipinski definition) is 6. The standard InChI is InChI=1S/C23H19ClN2O5/c1-29-16-8-5-14(6-9-16)20-21(25-15-7-10-19(30-2)18(24)12-15)23(28)26(22(20)27)13-17-4-3-11-31-17/h3-12,25H,13H2,1-2H3. The van der Waals surface area contributed by atoms with Crippen molar-refractivity contribution in [2.45, 2.75) is 6.54 Å². The van der Waals surface area contributed by atoms with Crippen molar-refractivity contribution in [3.8, 4) is 11.5 Å². The van der Waals surface area contributed by atoms with Gasteiger partial charge in [-0.15, -0.1) is 0 Å². The lowest BCUT2D eigenvalue weighted by Crippen LogP contribution is -2.31. The molecule has 0 bridgehead atoms. The quantitative estimate of drug-likeness (QED) is 0.552. The topological polar surface area (TPSA) is 81.0 Å². The van der Waals surface area contributed by atoms with Gasteiger partial charge >= 0.3 is 0 Å². The van der Waals surface area contributed by atoms with Crippen molar-refractivity contribution in [3.05, 3.63) is 82.9 Å². The van der Waals surface area contributed by atoms with Gasteiger partial charge < -0.3 is 19.2 Å². The second-order valence-electron chi connectivity index (χ2n) is 6.73. The predicted molar refractivity (Wildman–Crippen MR) is 116 cm³/mol. The van der Waals surface area contributed by atoms with E-state index in [0.29, 0.717) is 33.5 Å². The van der Waals surface area contributed by atoms with Crippen molar-refractivity contribution >= 4 is 34.7 Å². The van der Waals surface area contributed by atoms with Crippen LogP contribution in [0.2, 0.25) is 5.02 Å². The third-order valence-corrected chi connectivity index (χ3v) is 5.16. The average molecular weight is 439 g/mol. The minimum atomic E-state index is -0.459. The number of hydrogen-bond donors (Lipinski definition) is 1. The van der Waals surface area contributed by atoms with Crippen LogP contribution in [-0.4, -0.2) is 30.9 Å². The number of carbonyl (C=O) groups is 2. The molecule has 1 aliphatic rings. The smallest absolute Gasteiger partial charge is 0.278 e. The molecule has 4 rings (SSSR count). The summed E-state index contributed by atoms with van der Waals surface area (Å²) in [6.07, 6.45) is 1.50. The highest BCUT2D eigenvalue weighted by Gasteiger charge is 2.39. The number of amides is 2. The number of anilines is 1. The number of nitrogens with one attached hydrogen (secondary N) is 1. The van der Waals surface area contributed by atoms with Crippen molar-refractivity contribution in [1.82, 2.24) is 4.90 Å². The van der Waals surface area contributed by atoms with E-state index in [2.05, 4.69) is 5.32 Å². The molecule has 2 heterocycles. The number of nitrogens with zero attached hydrogens (tertiary/aromatic N) is 1. The van der Waals surface area contributed by atoms with Crippen molar-refractivity contribution in [3.63, 3.8) is 0 Å². The number of methoxy groups -OCH3 is 2. The molecule has 0 spiro atoms. The first-order valence-electron chi connectivity index (χ1n) is 9.39. The van der Waals surface area contributed by atoms with Crippen LogP contribution in [0, 0.1) is 0 Å². The number of imide groups is 1. The SMILES string of the molecule is COc1ccc(C2=C(Nc3ccc(OC)c(Cl)c3)C(=O)N(Cc3ccco3)C2=O)cc1. The minimum absolute atomic E-state index is 0.0267. The van der Waals surface area contributed by atoms with Crippen LogP contribution in [-0.2, 0) is 16.1 Å². The Hall–Kier alpha value is -3.71. The highest BCUT2D eigenvalue weighted by Crippen LogP contribution is 2.34. The molecule has 0 atom stereocenters. The van der Waals surface area contributed by atoms with E-state index in [1.807, 2.05) is 0 Å². The summed E-state index contributed by atoms with van der Waals surface area (Å²) in [7, 11) is 3.08. The van der Waals surface area contributed by atoms with Crippen molar-refractivity contribution < 1.29 is 23.5 Å². The number of carbonyl (C=O) groups excluding carboxylic acids is 2. The molecule has 0 aliphatic carbocycles. The molecule has 158 valence electrons.